The van der Waals surface area contributed by atoms with E-state index >= 15 is 0 Å². The predicted molar refractivity (Wildman–Crippen MR) is 85.8 cm³/mol. The Labute approximate surface area is 126 Å². The molecular weight excluding hydrogens is 292 g/mol. The summed E-state index contributed by atoms with van der Waals surface area (Å²) in [6, 6.07) is 4.07. The first-order valence-electron chi connectivity index (χ1n) is 6.39. The van der Waals surface area contributed by atoms with Crippen molar-refractivity contribution >= 4 is 39.5 Å². The topological polar surface area (TPSA) is 71.2 Å². The summed E-state index contributed by atoms with van der Waals surface area (Å²) in [5.41, 5.74) is 5.81. The Morgan fingerprint density at radius 1 is 1.55 bits per heavy atom. The second kappa shape index (κ2) is 6.71. The Balaban J connectivity index is 1.93. The van der Waals surface area contributed by atoms with Gasteiger partial charge in [0.25, 0.3) is 5.91 Å². The van der Waals surface area contributed by atoms with Gasteiger partial charge in [-0.15, -0.1) is 11.3 Å². The molecule has 0 bridgehead atoms. The van der Waals surface area contributed by atoms with E-state index in [4.69, 9.17) is 5.73 Å². The van der Waals surface area contributed by atoms with Gasteiger partial charge in [-0.25, -0.2) is 4.98 Å². The fourth-order valence-corrected chi connectivity index (χ4v) is 3.25. The van der Waals surface area contributed by atoms with Crippen molar-refractivity contribution in [3.05, 3.63) is 27.3 Å². The molecular formula is C13H18N4OS2. The van der Waals surface area contributed by atoms with Crippen molar-refractivity contribution in [2.24, 2.45) is 0 Å². The smallest absolute Gasteiger partial charge is 0.265 e. The van der Waals surface area contributed by atoms with Crippen LogP contribution in [0.2, 0.25) is 0 Å². The molecule has 20 heavy (non-hydrogen) atoms. The van der Waals surface area contributed by atoms with Crippen LogP contribution < -0.4 is 16.0 Å². The fraction of sp³-hybridized carbons (Fsp3) is 0.385. The molecule has 2 aromatic heterocycles. The van der Waals surface area contributed by atoms with E-state index in [0.717, 1.165) is 18.1 Å². The summed E-state index contributed by atoms with van der Waals surface area (Å²) in [5.74, 6) is 0.159. The molecule has 0 fully saturated rings. The number of nitrogens with zero attached hydrogens (tertiary/aromatic N) is 2. The average molecular weight is 310 g/mol. The largest absolute Gasteiger partial charge is 0.382 e. The van der Waals surface area contributed by atoms with Gasteiger partial charge >= 0.3 is 0 Å². The summed E-state index contributed by atoms with van der Waals surface area (Å²) in [7, 11) is 1.93. The Bertz CT molecular complexity index is 565. The Morgan fingerprint density at radius 3 is 3.00 bits per heavy atom. The highest BCUT2D eigenvalue weighted by Crippen LogP contribution is 2.27. The Hall–Kier alpha value is -1.60. The van der Waals surface area contributed by atoms with Gasteiger partial charge in [0.05, 0.1) is 0 Å². The molecule has 0 aliphatic carbocycles. The highest BCUT2D eigenvalue weighted by Gasteiger charge is 2.17. The maximum atomic E-state index is 12.1. The van der Waals surface area contributed by atoms with E-state index in [2.05, 4.69) is 16.4 Å². The number of nitrogen functional groups attached to an aromatic ring is 1. The molecule has 0 aromatic carbocycles. The maximum Gasteiger partial charge on any atom is 0.265 e. The van der Waals surface area contributed by atoms with Crippen LogP contribution in [0.3, 0.4) is 0 Å². The minimum absolute atomic E-state index is 0.146. The number of hydrogen-bond acceptors (Lipinski definition) is 6. The number of amides is 1. The monoisotopic (exact) mass is 310 g/mol. The van der Waals surface area contributed by atoms with Crippen molar-refractivity contribution in [3.8, 4) is 0 Å². The molecule has 0 unspecified atom stereocenters. The van der Waals surface area contributed by atoms with Crippen LogP contribution in [0.4, 0.5) is 10.9 Å². The molecule has 7 heteroatoms. The lowest BCUT2D eigenvalue weighted by molar-refractivity contribution is 0.0959. The summed E-state index contributed by atoms with van der Waals surface area (Å²) >= 11 is 3.02. The van der Waals surface area contributed by atoms with Crippen LogP contribution in [0.1, 0.15) is 21.5 Å². The molecule has 2 heterocycles. The number of anilines is 2. The first-order chi connectivity index (χ1) is 9.61. The summed E-state index contributed by atoms with van der Waals surface area (Å²) < 4.78 is 0. The molecule has 0 radical (unpaired) electrons. The average Bonchev–Trinajstić information content (AvgIpc) is 3.07. The minimum Gasteiger partial charge on any atom is -0.382 e. The van der Waals surface area contributed by atoms with Gasteiger partial charge in [0.2, 0.25) is 0 Å². The lowest BCUT2D eigenvalue weighted by atomic mass is 10.3. The molecule has 5 nitrogen and oxygen atoms in total. The molecule has 0 aliphatic heterocycles. The molecule has 0 saturated heterocycles. The number of hydrogen-bond donors (Lipinski definition) is 2. The van der Waals surface area contributed by atoms with E-state index in [1.807, 2.05) is 30.3 Å². The van der Waals surface area contributed by atoms with Crippen LogP contribution in [0.15, 0.2) is 17.5 Å². The first kappa shape index (κ1) is 14.8. The van der Waals surface area contributed by atoms with E-state index in [0.29, 0.717) is 17.2 Å². The molecule has 3 N–H and O–H groups in total. The molecule has 2 rings (SSSR count). The number of carbonyl (C=O) groups excluding carboxylic acids is 1. The molecule has 0 aliphatic rings. The van der Waals surface area contributed by atoms with Gasteiger partial charge in [-0.1, -0.05) is 17.4 Å². The third-order valence-corrected chi connectivity index (χ3v) is 5.01. The van der Waals surface area contributed by atoms with Crippen molar-refractivity contribution in [2.75, 3.05) is 30.8 Å². The molecule has 0 atom stereocenters. The van der Waals surface area contributed by atoms with Crippen molar-refractivity contribution in [1.29, 1.82) is 0 Å². The standard InChI is InChI=1S/C13H18N4OS2/c1-3-17(2)13-16-11(14)10(20-13)12(18)15-7-6-9-5-4-8-19-9/h4-5,8H,3,6-7,14H2,1-2H3,(H,15,18). The minimum atomic E-state index is -0.146. The number of aromatic nitrogens is 1. The van der Waals surface area contributed by atoms with E-state index in [9.17, 15) is 4.79 Å². The van der Waals surface area contributed by atoms with Crippen LogP contribution in [0.25, 0.3) is 0 Å². The summed E-state index contributed by atoms with van der Waals surface area (Å²) in [5, 5.41) is 5.69. The van der Waals surface area contributed by atoms with Gasteiger partial charge in [-0.3, -0.25) is 4.79 Å². The van der Waals surface area contributed by atoms with Crippen LogP contribution in [0, 0.1) is 0 Å². The molecule has 0 saturated carbocycles. The van der Waals surface area contributed by atoms with E-state index in [1.165, 1.54) is 16.2 Å². The summed E-state index contributed by atoms with van der Waals surface area (Å²) in [6.07, 6.45) is 0.837. The van der Waals surface area contributed by atoms with Crippen molar-refractivity contribution in [2.45, 2.75) is 13.3 Å². The molecule has 2 aromatic rings. The lowest BCUT2D eigenvalue weighted by Gasteiger charge is -2.10. The van der Waals surface area contributed by atoms with Crippen molar-refractivity contribution in [3.63, 3.8) is 0 Å². The third-order valence-electron chi connectivity index (χ3n) is 2.89. The van der Waals surface area contributed by atoms with Crippen LogP contribution in [-0.4, -0.2) is 31.0 Å². The summed E-state index contributed by atoms with van der Waals surface area (Å²) in [4.78, 5) is 20.0. The van der Waals surface area contributed by atoms with Crippen LogP contribution in [0.5, 0.6) is 0 Å². The predicted octanol–water partition coefficient (Wildman–Crippen LogP) is 2.22. The van der Waals surface area contributed by atoms with Crippen molar-refractivity contribution in [1.82, 2.24) is 10.3 Å². The lowest BCUT2D eigenvalue weighted by Crippen LogP contribution is -2.25. The fourth-order valence-electron chi connectivity index (χ4n) is 1.62. The first-order valence-corrected chi connectivity index (χ1v) is 8.09. The molecule has 108 valence electrons. The normalized spacial score (nSPS) is 10.5. The molecule has 1 amide bonds. The van der Waals surface area contributed by atoms with E-state index < -0.39 is 0 Å². The van der Waals surface area contributed by atoms with Gasteiger partial charge in [-0.05, 0) is 24.8 Å². The van der Waals surface area contributed by atoms with E-state index in [1.54, 1.807) is 11.3 Å². The number of carbonyl (C=O) groups is 1. The quantitative estimate of drug-likeness (QED) is 0.858. The Kier molecular flexibility index (Phi) is 4.97. The van der Waals surface area contributed by atoms with E-state index in [-0.39, 0.29) is 5.91 Å². The zero-order valence-corrected chi connectivity index (χ0v) is 13.2. The number of nitrogens with one attached hydrogen (secondary N) is 1. The maximum absolute atomic E-state index is 12.1. The van der Waals surface area contributed by atoms with Crippen molar-refractivity contribution < 1.29 is 4.79 Å². The third kappa shape index (κ3) is 3.49. The zero-order chi connectivity index (χ0) is 14.5. The zero-order valence-electron chi connectivity index (χ0n) is 11.5. The van der Waals surface area contributed by atoms with Gasteiger partial charge in [0, 0.05) is 25.0 Å². The molecule has 0 spiro atoms. The van der Waals surface area contributed by atoms with Gasteiger partial charge in [-0.2, -0.15) is 0 Å². The SMILES string of the molecule is CCN(C)c1nc(N)c(C(=O)NCCc2cccs2)s1. The highest BCUT2D eigenvalue weighted by molar-refractivity contribution is 7.18. The van der Waals surface area contributed by atoms with Gasteiger partial charge < -0.3 is 16.0 Å². The highest BCUT2D eigenvalue weighted by atomic mass is 32.1. The number of rotatable bonds is 6. The Morgan fingerprint density at radius 2 is 2.35 bits per heavy atom. The number of nitrogens with two attached hydrogens (primary N) is 1. The van der Waals surface area contributed by atoms with Gasteiger partial charge in [0.1, 0.15) is 10.7 Å². The van der Waals surface area contributed by atoms with Crippen LogP contribution >= 0.6 is 22.7 Å². The summed E-state index contributed by atoms with van der Waals surface area (Å²) in [6.45, 7) is 3.46. The second-order valence-electron chi connectivity index (χ2n) is 4.31. The number of thiophene rings is 1. The van der Waals surface area contributed by atoms with Gasteiger partial charge in [0.15, 0.2) is 5.13 Å². The number of thiazole rings is 1. The van der Waals surface area contributed by atoms with Crippen LogP contribution in [-0.2, 0) is 6.42 Å². The second-order valence-corrected chi connectivity index (χ2v) is 6.32.